The second-order valence-electron chi connectivity index (χ2n) is 8.99. The van der Waals surface area contributed by atoms with Crippen molar-refractivity contribution < 1.29 is 9.59 Å². The number of nitriles is 1. The van der Waals surface area contributed by atoms with E-state index in [1.165, 1.54) is 35.4 Å². The average Bonchev–Trinajstić information content (AvgIpc) is 2.85. The van der Waals surface area contributed by atoms with Gasteiger partial charge in [0.05, 0.1) is 17.3 Å². The predicted octanol–water partition coefficient (Wildman–Crippen LogP) is 3.88. The second kappa shape index (κ2) is 10.9. The summed E-state index contributed by atoms with van der Waals surface area (Å²) >= 11 is 5.98. The van der Waals surface area contributed by atoms with E-state index in [1.807, 2.05) is 6.07 Å². The zero-order chi connectivity index (χ0) is 24.1. The van der Waals surface area contributed by atoms with Gasteiger partial charge in [0.2, 0.25) is 0 Å². The van der Waals surface area contributed by atoms with E-state index in [1.54, 1.807) is 6.07 Å². The molecule has 2 aliphatic heterocycles. The summed E-state index contributed by atoms with van der Waals surface area (Å²) in [7, 11) is 2.12. The van der Waals surface area contributed by atoms with Crippen LogP contribution in [0.1, 0.15) is 48.4 Å². The molecule has 2 N–H and O–H groups in total. The van der Waals surface area contributed by atoms with Crippen molar-refractivity contribution in [2.45, 2.75) is 38.1 Å². The summed E-state index contributed by atoms with van der Waals surface area (Å²) in [5.41, 5.74) is 4.24. The van der Waals surface area contributed by atoms with Crippen LogP contribution in [0, 0.1) is 11.3 Å². The van der Waals surface area contributed by atoms with Crippen molar-refractivity contribution >= 4 is 34.8 Å². The maximum absolute atomic E-state index is 12.7. The molecule has 2 aromatic rings. The summed E-state index contributed by atoms with van der Waals surface area (Å²) in [4.78, 5) is 29.9. The van der Waals surface area contributed by atoms with Crippen molar-refractivity contribution in [3.63, 3.8) is 0 Å². The number of carbonyl (C=O) groups excluding carboxylic acids is 2. The number of carbonyl (C=O) groups is 2. The molecule has 8 heteroatoms. The monoisotopic (exact) mass is 479 g/mol. The number of piperidine rings is 1. The molecule has 4 rings (SSSR count). The number of fused-ring (bicyclic) bond motifs is 1. The Morgan fingerprint density at radius 1 is 1.06 bits per heavy atom. The SMILES string of the molecule is CN1CCCc2cc([C@H](CNC(=O)C(=O)Nc3cc(Cl)ccc3C#N)N3CCCCC3)ccc21. The van der Waals surface area contributed by atoms with Crippen LogP contribution < -0.4 is 15.5 Å². The van der Waals surface area contributed by atoms with Crippen LogP contribution in [-0.2, 0) is 16.0 Å². The van der Waals surface area contributed by atoms with Crippen LogP contribution in [0.4, 0.5) is 11.4 Å². The molecule has 0 unspecified atom stereocenters. The molecule has 7 nitrogen and oxygen atoms in total. The summed E-state index contributed by atoms with van der Waals surface area (Å²) in [6, 6.07) is 13.1. The molecular weight excluding hydrogens is 450 g/mol. The van der Waals surface area contributed by atoms with Gasteiger partial charge in [-0.1, -0.05) is 30.2 Å². The summed E-state index contributed by atoms with van der Waals surface area (Å²) in [6.45, 7) is 3.34. The highest BCUT2D eigenvalue weighted by atomic mass is 35.5. The number of benzene rings is 2. The van der Waals surface area contributed by atoms with Gasteiger partial charge >= 0.3 is 11.8 Å². The third-order valence-electron chi connectivity index (χ3n) is 6.68. The third-order valence-corrected chi connectivity index (χ3v) is 6.92. The number of rotatable bonds is 5. The molecule has 34 heavy (non-hydrogen) atoms. The molecule has 2 heterocycles. The van der Waals surface area contributed by atoms with Gasteiger partial charge in [-0.05, 0) is 74.2 Å². The summed E-state index contributed by atoms with van der Waals surface area (Å²) in [5.74, 6) is -1.55. The van der Waals surface area contributed by atoms with Crippen molar-refractivity contribution in [3.8, 4) is 6.07 Å². The number of hydrogen-bond donors (Lipinski definition) is 2. The average molecular weight is 480 g/mol. The van der Waals surface area contributed by atoms with E-state index in [0.717, 1.165) is 45.3 Å². The highest BCUT2D eigenvalue weighted by molar-refractivity contribution is 6.40. The Morgan fingerprint density at radius 2 is 1.85 bits per heavy atom. The maximum atomic E-state index is 12.7. The molecule has 0 radical (unpaired) electrons. The predicted molar refractivity (Wildman–Crippen MR) is 134 cm³/mol. The number of likely N-dealkylation sites (tertiary alicyclic amines) is 1. The highest BCUT2D eigenvalue weighted by Gasteiger charge is 2.26. The molecule has 1 saturated heterocycles. The lowest BCUT2D eigenvalue weighted by Crippen LogP contribution is -2.43. The largest absolute Gasteiger partial charge is 0.374 e. The molecule has 178 valence electrons. The van der Waals surface area contributed by atoms with E-state index >= 15 is 0 Å². The number of nitrogens with zero attached hydrogens (tertiary/aromatic N) is 3. The quantitative estimate of drug-likeness (QED) is 0.635. The Kier molecular flexibility index (Phi) is 7.71. The molecular formula is C26H30ClN5O2. The first-order valence-electron chi connectivity index (χ1n) is 11.8. The molecule has 0 bridgehead atoms. The lowest BCUT2D eigenvalue weighted by Gasteiger charge is -2.36. The van der Waals surface area contributed by atoms with Crippen molar-refractivity contribution in [2.75, 3.05) is 43.4 Å². The van der Waals surface area contributed by atoms with Gasteiger partial charge in [-0.2, -0.15) is 5.26 Å². The molecule has 0 saturated carbocycles. The van der Waals surface area contributed by atoms with Crippen LogP contribution in [0.3, 0.4) is 0 Å². The number of hydrogen-bond acceptors (Lipinski definition) is 5. The van der Waals surface area contributed by atoms with Gasteiger partial charge in [0, 0.05) is 30.8 Å². The minimum Gasteiger partial charge on any atom is -0.374 e. The number of nitrogens with one attached hydrogen (secondary N) is 2. The Balaban J connectivity index is 1.48. The van der Waals surface area contributed by atoms with Gasteiger partial charge < -0.3 is 15.5 Å². The zero-order valence-electron chi connectivity index (χ0n) is 19.4. The van der Waals surface area contributed by atoms with E-state index in [2.05, 4.69) is 45.7 Å². The molecule has 1 fully saturated rings. The van der Waals surface area contributed by atoms with E-state index < -0.39 is 11.8 Å². The van der Waals surface area contributed by atoms with Gasteiger partial charge in [0.25, 0.3) is 0 Å². The molecule has 2 aliphatic rings. The number of aryl methyl sites for hydroxylation is 1. The molecule has 0 aliphatic carbocycles. The molecule has 2 amide bonds. The van der Waals surface area contributed by atoms with Crippen molar-refractivity contribution in [1.29, 1.82) is 5.26 Å². The maximum Gasteiger partial charge on any atom is 0.313 e. The highest BCUT2D eigenvalue weighted by Crippen LogP contribution is 2.31. The van der Waals surface area contributed by atoms with Gasteiger partial charge in [-0.15, -0.1) is 0 Å². The molecule has 0 aromatic heterocycles. The fraction of sp³-hybridized carbons (Fsp3) is 0.423. The third kappa shape index (κ3) is 5.52. The Labute approximate surface area is 205 Å². The number of amides is 2. The summed E-state index contributed by atoms with van der Waals surface area (Å²) in [5, 5.41) is 15.0. The lowest BCUT2D eigenvalue weighted by atomic mass is 9.95. The van der Waals surface area contributed by atoms with Crippen molar-refractivity contribution in [1.82, 2.24) is 10.2 Å². The Morgan fingerprint density at radius 3 is 2.62 bits per heavy atom. The van der Waals surface area contributed by atoms with E-state index in [9.17, 15) is 14.9 Å². The Bertz CT molecular complexity index is 1110. The number of halogens is 1. The smallest absolute Gasteiger partial charge is 0.313 e. The normalized spacial score (nSPS) is 16.8. The van der Waals surface area contributed by atoms with Gasteiger partial charge in [-0.3, -0.25) is 14.5 Å². The van der Waals surface area contributed by atoms with E-state index in [0.29, 0.717) is 11.6 Å². The lowest BCUT2D eigenvalue weighted by molar-refractivity contribution is -0.136. The first-order chi connectivity index (χ1) is 16.5. The molecule has 1 atom stereocenters. The second-order valence-corrected chi connectivity index (χ2v) is 9.43. The van der Waals surface area contributed by atoms with Crippen LogP contribution in [0.15, 0.2) is 36.4 Å². The van der Waals surface area contributed by atoms with E-state index in [-0.39, 0.29) is 17.3 Å². The van der Waals surface area contributed by atoms with Crippen molar-refractivity contribution in [2.24, 2.45) is 0 Å². The van der Waals surface area contributed by atoms with Crippen LogP contribution in [0.25, 0.3) is 0 Å². The summed E-state index contributed by atoms with van der Waals surface area (Å²) in [6.07, 6.45) is 5.66. The fourth-order valence-electron chi connectivity index (χ4n) is 4.87. The van der Waals surface area contributed by atoms with Crippen molar-refractivity contribution in [3.05, 3.63) is 58.1 Å². The van der Waals surface area contributed by atoms with Crippen LogP contribution in [-0.4, -0.2) is 49.9 Å². The van der Waals surface area contributed by atoms with Gasteiger partial charge in [0.1, 0.15) is 6.07 Å². The minimum atomic E-state index is -0.816. The first kappa shape index (κ1) is 24.1. The first-order valence-corrected chi connectivity index (χ1v) is 12.2. The topological polar surface area (TPSA) is 88.5 Å². The number of anilines is 2. The van der Waals surface area contributed by atoms with Gasteiger partial charge in [-0.25, -0.2) is 0 Å². The zero-order valence-corrected chi connectivity index (χ0v) is 20.2. The van der Waals surface area contributed by atoms with Gasteiger partial charge in [0.15, 0.2) is 0 Å². The van der Waals surface area contributed by atoms with Crippen LogP contribution >= 0.6 is 11.6 Å². The standard InChI is InChI=1S/C26H30ClN5O2/c1-31-11-5-6-18-14-19(8-10-23(18)31)24(32-12-3-2-4-13-32)17-29-25(33)26(34)30-22-15-21(27)9-7-20(22)16-28/h7-10,14-15,24H,2-6,11-13,17H2,1H3,(H,29,33)(H,30,34)/t24-/m0/s1. The minimum absolute atomic E-state index is 0.00424. The van der Waals surface area contributed by atoms with Crippen LogP contribution in [0.5, 0.6) is 0 Å². The molecule has 2 aromatic carbocycles. The van der Waals surface area contributed by atoms with Crippen LogP contribution in [0.2, 0.25) is 5.02 Å². The fourth-order valence-corrected chi connectivity index (χ4v) is 5.04. The molecule has 0 spiro atoms. The van der Waals surface area contributed by atoms with E-state index in [4.69, 9.17) is 11.6 Å². The Hall–Kier alpha value is -3.08. The summed E-state index contributed by atoms with van der Waals surface area (Å²) < 4.78 is 0.